The number of aliphatic hydroxyl groups excluding tert-OH is 1. The summed E-state index contributed by atoms with van der Waals surface area (Å²) in [5, 5.41) is 9.80. The van der Waals surface area contributed by atoms with Crippen molar-refractivity contribution in [3.05, 3.63) is 42.1 Å². The van der Waals surface area contributed by atoms with Crippen LogP contribution in [0.2, 0.25) is 0 Å². The van der Waals surface area contributed by atoms with E-state index in [2.05, 4.69) is 9.72 Å². The van der Waals surface area contributed by atoms with Crippen LogP contribution in [0.3, 0.4) is 0 Å². The number of rotatable bonds is 6. The predicted molar refractivity (Wildman–Crippen MR) is 86.7 cm³/mol. The first-order valence-corrected chi connectivity index (χ1v) is 8.18. The summed E-state index contributed by atoms with van der Waals surface area (Å²) in [6.07, 6.45) is -4.82. The monoisotopic (exact) mass is 402 g/mol. The van der Waals surface area contributed by atoms with Crippen LogP contribution in [0.15, 0.2) is 34.9 Å². The number of hydrogen-bond acceptors (Lipinski definition) is 7. The number of methoxy groups -OCH3 is 1. The first-order chi connectivity index (χ1) is 13.2. The van der Waals surface area contributed by atoms with Gasteiger partial charge in [-0.15, -0.1) is 13.2 Å². The Morgan fingerprint density at radius 3 is 2.57 bits per heavy atom. The molecule has 0 radical (unpaired) electrons. The van der Waals surface area contributed by atoms with E-state index < -0.39 is 24.5 Å². The summed E-state index contributed by atoms with van der Waals surface area (Å²) in [5.74, 6) is -0.401. The van der Waals surface area contributed by atoms with Gasteiger partial charge in [0.15, 0.2) is 12.3 Å². The number of ether oxygens (including phenoxy) is 3. The quantitative estimate of drug-likeness (QED) is 0.790. The van der Waals surface area contributed by atoms with Crippen molar-refractivity contribution >= 4 is 5.91 Å². The van der Waals surface area contributed by atoms with E-state index in [1.54, 1.807) is 0 Å². The number of carbonyl (C=O) groups is 1. The van der Waals surface area contributed by atoms with Crippen molar-refractivity contribution in [2.24, 2.45) is 0 Å². The molecule has 1 amide bonds. The van der Waals surface area contributed by atoms with Gasteiger partial charge in [0, 0.05) is 20.2 Å². The molecule has 0 saturated carbocycles. The van der Waals surface area contributed by atoms with Crippen molar-refractivity contribution in [1.82, 2.24) is 9.88 Å². The highest BCUT2D eigenvalue weighted by molar-refractivity contribution is 5.92. The molecule has 0 aliphatic carbocycles. The molecule has 1 aromatic carbocycles. The van der Waals surface area contributed by atoms with Crippen LogP contribution >= 0.6 is 0 Å². The minimum atomic E-state index is -4.77. The zero-order valence-corrected chi connectivity index (χ0v) is 14.7. The number of benzene rings is 1. The Balaban J connectivity index is 1.54. The summed E-state index contributed by atoms with van der Waals surface area (Å²) in [6.45, 7) is 0.236. The summed E-state index contributed by atoms with van der Waals surface area (Å²) in [6, 6.07) is 4.82. The Labute approximate surface area is 157 Å². The van der Waals surface area contributed by atoms with Gasteiger partial charge >= 0.3 is 6.36 Å². The highest BCUT2D eigenvalue weighted by Crippen LogP contribution is 2.25. The Kier molecular flexibility index (Phi) is 5.75. The van der Waals surface area contributed by atoms with Gasteiger partial charge in [0.2, 0.25) is 5.89 Å². The molecule has 0 bridgehead atoms. The summed E-state index contributed by atoms with van der Waals surface area (Å²) in [5.41, 5.74) is 0.0523. The standard InChI is InChI=1S/C17H17F3N2O6/c1-25-14-7-22(6-13(14)23)16(24)12-8-27-15(21-12)9-26-10-2-4-11(5-3-10)28-17(18,19)20/h2-5,8,13-14,23H,6-7,9H2,1H3/t13-,14-/m0/s1. The Bertz CT molecular complexity index is 808. The molecule has 28 heavy (non-hydrogen) atoms. The van der Waals surface area contributed by atoms with Crippen molar-refractivity contribution in [3.63, 3.8) is 0 Å². The van der Waals surface area contributed by atoms with Gasteiger partial charge in [-0.25, -0.2) is 4.98 Å². The molecular formula is C17H17F3N2O6. The maximum Gasteiger partial charge on any atom is 0.573 e. The average molecular weight is 402 g/mol. The third kappa shape index (κ3) is 4.93. The summed E-state index contributed by atoms with van der Waals surface area (Å²) in [4.78, 5) is 17.8. The van der Waals surface area contributed by atoms with Gasteiger partial charge in [0.1, 0.15) is 23.9 Å². The number of alkyl halides is 3. The number of oxazole rings is 1. The molecule has 1 aliphatic heterocycles. The van der Waals surface area contributed by atoms with Crippen molar-refractivity contribution in [2.45, 2.75) is 25.2 Å². The number of amides is 1. The highest BCUT2D eigenvalue weighted by Gasteiger charge is 2.35. The van der Waals surface area contributed by atoms with Crippen LogP contribution in [0, 0.1) is 0 Å². The lowest BCUT2D eigenvalue weighted by molar-refractivity contribution is -0.274. The number of aromatic nitrogens is 1. The fourth-order valence-electron chi connectivity index (χ4n) is 2.67. The van der Waals surface area contributed by atoms with E-state index in [0.717, 1.165) is 12.1 Å². The molecule has 1 fully saturated rings. The summed E-state index contributed by atoms with van der Waals surface area (Å²) >= 11 is 0. The van der Waals surface area contributed by atoms with Crippen molar-refractivity contribution in [2.75, 3.05) is 20.2 Å². The number of likely N-dealkylation sites (tertiary alicyclic amines) is 1. The lowest BCUT2D eigenvalue weighted by Crippen LogP contribution is -2.30. The molecule has 0 spiro atoms. The van der Waals surface area contributed by atoms with Gasteiger partial charge in [-0.3, -0.25) is 4.79 Å². The molecule has 1 aromatic heterocycles. The predicted octanol–water partition coefficient (Wildman–Crippen LogP) is 1.98. The SMILES string of the molecule is CO[C@H]1CN(C(=O)c2coc(COc3ccc(OC(F)(F)F)cc3)n2)C[C@@H]1O. The normalized spacial score (nSPS) is 19.7. The van der Waals surface area contributed by atoms with Crippen LogP contribution in [-0.2, 0) is 11.3 Å². The van der Waals surface area contributed by atoms with Crippen molar-refractivity contribution in [1.29, 1.82) is 0 Å². The van der Waals surface area contributed by atoms with Crippen LogP contribution in [0.4, 0.5) is 13.2 Å². The van der Waals surface area contributed by atoms with E-state index in [9.17, 15) is 23.1 Å². The smallest absolute Gasteiger partial charge is 0.484 e. The number of nitrogens with zero attached hydrogens (tertiary/aromatic N) is 2. The zero-order chi connectivity index (χ0) is 20.3. The van der Waals surface area contributed by atoms with Crippen molar-refractivity contribution < 1.29 is 41.7 Å². The fraction of sp³-hybridized carbons (Fsp3) is 0.412. The molecule has 152 valence electrons. The third-order valence-corrected chi connectivity index (χ3v) is 4.02. The van der Waals surface area contributed by atoms with Crippen LogP contribution in [-0.4, -0.2) is 59.7 Å². The Morgan fingerprint density at radius 2 is 1.96 bits per heavy atom. The van der Waals surface area contributed by atoms with Crippen LogP contribution in [0.1, 0.15) is 16.4 Å². The molecule has 8 nitrogen and oxygen atoms in total. The third-order valence-electron chi connectivity index (χ3n) is 4.02. The zero-order valence-electron chi connectivity index (χ0n) is 14.7. The minimum absolute atomic E-state index is 0.0523. The van der Waals surface area contributed by atoms with E-state index in [1.807, 2.05) is 0 Å². The van der Waals surface area contributed by atoms with Gasteiger partial charge in [-0.05, 0) is 24.3 Å². The van der Waals surface area contributed by atoms with Gasteiger partial charge in [-0.2, -0.15) is 0 Å². The lowest BCUT2D eigenvalue weighted by Gasteiger charge is -2.13. The number of carbonyl (C=O) groups excluding carboxylic acids is 1. The molecule has 3 rings (SSSR count). The number of halogens is 3. The highest BCUT2D eigenvalue weighted by atomic mass is 19.4. The van der Waals surface area contributed by atoms with Gasteiger partial charge in [0.25, 0.3) is 5.91 Å². The summed E-state index contributed by atoms with van der Waals surface area (Å²) in [7, 11) is 1.45. The van der Waals surface area contributed by atoms with E-state index in [0.29, 0.717) is 0 Å². The second-order valence-corrected chi connectivity index (χ2v) is 5.99. The van der Waals surface area contributed by atoms with E-state index >= 15 is 0 Å². The Morgan fingerprint density at radius 1 is 1.29 bits per heavy atom. The fourth-order valence-corrected chi connectivity index (χ4v) is 2.67. The van der Waals surface area contributed by atoms with E-state index in [1.165, 1.54) is 30.4 Å². The topological polar surface area (TPSA) is 94.3 Å². The molecule has 11 heteroatoms. The van der Waals surface area contributed by atoms with Crippen molar-refractivity contribution in [3.8, 4) is 11.5 Å². The molecule has 1 N–H and O–H groups in total. The molecule has 2 aromatic rings. The number of aliphatic hydroxyl groups is 1. The van der Waals surface area contributed by atoms with E-state index in [4.69, 9.17) is 13.9 Å². The average Bonchev–Trinajstić information content (AvgIpc) is 3.26. The molecule has 2 heterocycles. The van der Waals surface area contributed by atoms with Gasteiger partial charge in [0.05, 0.1) is 6.10 Å². The van der Waals surface area contributed by atoms with Crippen LogP contribution < -0.4 is 9.47 Å². The second kappa shape index (κ2) is 8.07. The summed E-state index contributed by atoms with van der Waals surface area (Å²) < 4.78 is 55.8. The van der Waals surface area contributed by atoms with Gasteiger partial charge in [-0.1, -0.05) is 0 Å². The van der Waals surface area contributed by atoms with Gasteiger partial charge < -0.3 is 28.6 Å². The number of β-amino-alcohol motifs (C(OH)–C–C–N with tert-alkyl or cyclic N) is 1. The first kappa shape index (κ1) is 20.0. The second-order valence-electron chi connectivity index (χ2n) is 5.99. The first-order valence-electron chi connectivity index (χ1n) is 8.18. The minimum Gasteiger partial charge on any atom is -0.484 e. The van der Waals surface area contributed by atoms with Crippen LogP contribution in [0.25, 0.3) is 0 Å². The largest absolute Gasteiger partial charge is 0.573 e. The van der Waals surface area contributed by atoms with Crippen LogP contribution in [0.5, 0.6) is 11.5 Å². The molecular weight excluding hydrogens is 385 g/mol. The molecule has 0 unspecified atom stereocenters. The molecule has 1 saturated heterocycles. The maximum atomic E-state index is 12.4. The lowest BCUT2D eigenvalue weighted by atomic mass is 10.3. The van der Waals surface area contributed by atoms with E-state index in [-0.39, 0.29) is 42.8 Å². The number of hydrogen-bond donors (Lipinski definition) is 1. The molecule has 2 atom stereocenters. The Hall–Kier alpha value is -2.79. The molecule has 1 aliphatic rings. The maximum absolute atomic E-state index is 12.4.